The van der Waals surface area contributed by atoms with E-state index >= 15 is 0 Å². The second kappa shape index (κ2) is 12.2. The SMILES string of the molecule is Cn1c(=O)c2c(-c3ccccc3)n3c(c2n(C)c1=O)C(=O)CC3.Cn1c(=O)c2c(-c3ccccc3)n3c(c2n(C)c1=O)C(OS(=O)(=O)C(F)(F)F)=CC3. The zero-order chi connectivity index (χ0) is 38.3. The second-order valence-electron chi connectivity index (χ2n) is 12.5. The van der Waals surface area contributed by atoms with Gasteiger partial charge in [-0.3, -0.25) is 32.7 Å². The van der Waals surface area contributed by atoms with E-state index in [1.165, 1.54) is 30.3 Å². The van der Waals surface area contributed by atoms with Gasteiger partial charge in [-0.2, -0.15) is 21.6 Å². The van der Waals surface area contributed by atoms with Crippen LogP contribution in [0.5, 0.6) is 0 Å². The van der Waals surface area contributed by atoms with E-state index in [0.29, 0.717) is 40.8 Å². The van der Waals surface area contributed by atoms with Crippen LogP contribution in [0.25, 0.3) is 50.1 Å². The molecule has 0 saturated carbocycles. The topological polar surface area (TPSA) is 158 Å². The molecular formula is C35H29F3N6O8S. The van der Waals surface area contributed by atoms with Gasteiger partial charge in [0.15, 0.2) is 11.5 Å². The quantitative estimate of drug-likeness (QED) is 0.196. The first kappa shape index (κ1) is 35.2. The molecule has 53 heavy (non-hydrogen) atoms. The number of carbonyl (C=O) groups is 1. The van der Waals surface area contributed by atoms with Crippen LogP contribution in [0.4, 0.5) is 13.2 Å². The first-order valence-corrected chi connectivity index (χ1v) is 17.4. The summed E-state index contributed by atoms with van der Waals surface area (Å²) < 4.78 is 73.9. The molecule has 0 fully saturated rings. The number of rotatable bonds is 4. The van der Waals surface area contributed by atoms with E-state index in [1.807, 2.05) is 34.9 Å². The molecule has 0 N–H and O–H groups in total. The first-order valence-electron chi connectivity index (χ1n) is 16.0. The Hall–Kier alpha value is -6.17. The van der Waals surface area contributed by atoms with Crippen molar-refractivity contribution in [2.24, 2.45) is 28.2 Å². The molecule has 0 atom stereocenters. The maximum absolute atomic E-state index is 12.9. The van der Waals surface area contributed by atoms with Gasteiger partial charge in [0.05, 0.1) is 33.2 Å². The Morgan fingerprint density at radius 3 is 1.55 bits per heavy atom. The molecule has 4 aromatic heterocycles. The summed E-state index contributed by atoms with van der Waals surface area (Å²) in [5.74, 6) is -0.622. The van der Waals surface area contributed by atoms with E-state index < -0.39 is 38.3 Å². The highest BCUT2D eigenvalue weighted by Gasteiger charge is 2.50. The van der Waals surface area contributed by atoms with Crippen LogP contribution in [-0.4, -0.2) is 47.1 Å². The van der Waals surface area contributed by atoms with Crippen molar-refractivity contribution in [3.63, 3.8) is 0 Å². The number of aromatic nitrogens is 6. The van der Waals surface area contributed by atoms with Gasteiger partial charge in [-0.05, 0) is 17.2 Å². The maximum Gasteiger partial charge on any atom is 0.534 e. The summed E-state index contributed by atoms with van der Waals surface area (Å²) in [4.78, 5) is 62.7. The van der Waals surface area contributed by atoms with Crippen molar-refractivity contribution in [2.45, 2.75) is 25.0 Å². The molecule has 6 aromatic rings. The smallest absolute Gasteiger partial charge is 0.374 e. The van der Waals surface area contributed by atoms with Crippen molar-refractivity contribution in [3.05, 3.63) is 120 Å². The van der Waals surface area contributed by atoms with Gasteiger partial charge in [0.2, 0.25) is 0 Å². The van der Waals surface area contributed by atoms with Crippen molar-refractivity contribution in [1.82, 2.24) is 27.4 Å². The Bertz CT molecular complexity index is 2930. The molecule has 0 aliphatic carbocycles. The molecule has 14 nitrogen and oxygen atoms in total. The molecular weight excluding hydrogens is 721 g/mol. The molecule has 0 amide bonds. The molecule has 0 bridgehead atoms. The largest absolute Gasteiger partial charge is 0.534 e. The number of hydrogen-bond donors (Lipinski definition) is 0. The standard InChI is InChI=1S/C18H14F3N3O5S.C17H15N3O3/c1-22-15-12(16(25)23(2)17(22)26)13(10-6-4-3-5-7-10)24-9-8-11(14(15)24)29-30(27,28)18(19,20)21;1-18-15-12(16(22)19(2)17(18)23)13(10-6-4-3-5-7-10)20-9-8-11(21)14(15)20/h3-8H,9H2,1-2H3;3-7H,8-9H2,1-2H3. The Kier molecular flexibility index (Phi) is 8.12. The van der Waals surface area contributed by atoms with Gasteiger partial charge < -0.3 is 13.3 Å². The molecule has 2 aliphatic heterocycles. The van der Waals surface area contributed by atoms with Crippen molar-refractivity contribution < 1.29 is 30.6 Å². The third kappa shape index (κ3) is 5.22. The predicted octanol–water partition coefficient (Wildman–Crippen LogP) is 3.22. The van der Waals surface area contributed by atoms with Crippen LogP contribution >= 0.6 is 0 Å². The van der Waals surface area contributed by atoms with Crippen molar-refractivity contribution in [3.8, 4) is 22.5 Å². The lowest BCUT2D eigenvalue weighted by Crippen LogP contribution is -2.37. The highest BCUT2D eigenvalue weighted by Crippen LogP contribution is 2.41. The van der Waals surface area contributed by atoms with Crippen LogP contribution in [0, 0.1) is 0 Å². The number of alkyl halides is 3. The third-order valence-corrected chi connectivity index (χ3v) is 10.4. The molecule has 0 spiro atoms. The molecule has 0 saturated heterocycles. The third-order valence-electron chi connectivity index (χ3n) is 9.43. The maximum atomic E-state index is 12.9. The number of aryl methyl sites for hydroxylation is 2. The number of allylic oxidation sites excluding steroid dienone is 1. The fourth-order valence-corrected chi connectivity index (χ4v) is 7.47. The fourth-order valence-electron chi connectivity index (χ4n) is 6.99. The first-order chi connectivity index (χ1) is 25.0. The summed E-state index contributed by atoms with van der Waals surface area (Å²) in [5.41, 5.74) is -4.48. The lowest BCUT2D eigenvalue weighted by Gasteiger charge is -2.11. The van der Waals surface area contributed by atoms with E-state index in [9.17, 15) is 45.6 Å². The Morgan fingerprint density at radius 1 is 0.623 bits per heavy atom. The van der Waals surface area contributed by atoms with Crippen LogP contribution in [0.15, 0.2) is 85.9 Å². The van der Waals surface area contributed by atoms with E-state index in [1.54, 1.807) is 37.4 Å². The number of ketones is 1. The molecule has 0 radical (unpaired) electrons. The van der Waals surface area contributed by atoms with Gasteiger partial charge in [-0.1, -0.05) is 60.7 Å². The summed E-state index contributed by atoms with van der Waals surface area (Å²) in [6.45, 7) is 0.485. The molecule has 2 aromatic carbocycles. The van der Waals surface area contributed by atoms with Crippen LogP contribution in [0.3, 0.4) is 0 Å². The van der Waals surface area contributed by atoms with Gasteiger partial charge in [-0.25, -0.2) is 9.59 Å². The lowest BCUT2D eigenvalue weighted by molar-refractivity contribution is -0.0509. The average Bonchev–Trinajstić information content (AvgIpc) is 3.88. The van der Waals surface area contributed by atoms with Crippen molar-refractivity contribution in [1.29, 1.82) is 0 Å². The van der Waals surface area contributed by atoms with E-state index in [0.717, 1.165) is 31.0 Å². The normalized spacial score (nSPS) is 13.9. The van der Waals surface area contributed by atoms with Gasteiger partial charge in [-0.15, -0.1) is 0 Å². The number of Topliss-reactive ketones (excluding diaryl/α,β-unsaturated/α-hetero) is 1. The summed E-state index contributed by atoms with van der Waals surface area (Å²) in [7, 11) is -0.255. The molecule has 6 heterocycles. The predicted molar refractivity (Wildman–Crippen MR) is 189 cm³/mol. The van der Waals surface area contributed by atoms with Gasteiger partial charge >= 0.3 is 27.0 Å². The minimum atomic E-state index is -5.94. The Labute approximate surface area is 296 Å². The van der Waals surface area contributed by atoms with Gasteiger partial charge in [0, 0.05) is 47.7 Å². The fraction of sp³-hybridized carbons (Fsp3) is 0.229. The molecule has 274 valence electrons. The highest BCUT2D eigenvalue weighted by molar-refractivity contribution is 7.87. The minimum absolute atomic E-state index is 0.0110. The number of hydrogen-bond acceptors (Lipinski definition) is 8. The zero-order valence-corrected chi connectivity index (χ0v) is 29.3. The number of halogens is 3. The van der Waals surface area contributed by atoms with Crippen LogP contribution in [0.2, 0.25) is 0 Å². The van der Waals surface area contributed by atoms with Gasteiger partial charge in [0.1, 0.15) is 11.4 Å². The second-order valence-corrected chi connectivity index (χ2v) is 14.0. The number of nitrogens with zero attached hydrogens (tertiary/aromatic N) is 6. The van der Waals surface area contributed by atoms with Crippen molar-refractivity contribution in [2.75, 3.05) is 0 Å². The molecule has 8 rings (SSSR count). The van der Waals surface area contributed by atoms with Gasteiger partial charge in [0.25, 0.3) is 11.1 Å². The van der Waals surface area contributed by atoms with Crippen LogP contribution in [0.1, 0.15) is 22.6 Å². The number of carbonyl (C=O) groups excluding carboxylic acids is 1. The average molecular weight is 751 g/mol. The van der Waals surface area contributed by atoms with Crippen molar-refractivity contribution >= 4 is 43.5 Å². The van der Waals surface area contributed by atoms with Crippen LogP contribution in [-0.2, 0) is 55.6 Å². The molecule has 18 heteroatoms. The molecule has 0 unspecified atom stereocenters. The number of fused-ring (bicyclic) bond motifs is 6. The summed E-state index contributed by atoms with van der Waals surface area (Å²) in [6, 6.07) is 18.1. The monoisotopic (exact) mass is 750 g/mol. The summed E-state index contributed by atoms with van der Waals surface area (Å²) >= 11 is 0. The highest BCUT2D eigenvalue weighted by atomic mass is 32.2. The van der Waals surface area contributed by atoms with E-state index in [4.69, 9.17) is 0 Å². The Morgan fingerprint density at radius 2 is 1.08 bits per heavy atom. The number of benzene rings is 2. The van der Waals surface area contributed by atoms with Crippen LogP contribution < -0.4 is 22.5 Å². The summed E-state index contributed by atoms with van der Waals surface area (Å²) in [5, 5.41) is 0.503. The minimum Gasteiger partial charge on any atom is -0.374 e. The molecule has 2 aliphatic rings. The lowest BCUT2D eigenvalue weighted by atomic mass is 10.1. The zero-order valence-electron chi connectivity index (χ0n) is 28.5. The van der Waals surface area contributed by atoms with E-state index in [-0.39, 0.29) is 34.5 Å². The van der Waals surface area contributed by atoms with E-state index in [2.05, 4.69) is 4.18 Å². The summed E-state index contributed by atoms with van der Waals surface area (Å²) in [6.07, 6.45) is 1.56. The Balaban J connectivity index is 0.000000170.